The highest BCUT2D eigenvalue weighted by Crippen LogP contribution is 2.37. The van der Waals surface area contributed by atoms with Crippen molar-refractivity contribution in [3.8, 4) is 0 Å². The average molecular weight is 544 g/mol. The molecule has 1 aromatic heterocycles. The summed E-state index contributed by atoms with van der Waals surface area (Å²) < 4.78 is 1.87. The first-order chi connectivity index (χ1) is 19.5. The molecule has 0 bridgehead atoms. The number of rotatable bonds is 12. The molecule has 5 rings (SSSR count). The van der Waals surface area contributed by atoms with Crippen molar-refractivity contribution >= 4 is 17.5 Å². The molecular weight excluding hydrogens is 502 g/mol. The number of carbonyl (C=O) groups excluding carboxylic acids is 2. The Morgan fingerprint density at radius 1 is 1.10 bits per heavy atom. The van der Waals surface area contributed by atoms with Crippen molar-refractivity contribution in [1.29, 1.82) is 0 Å². The molecule has 3 aromatic rings. The van der Waals surface area contributed by atoms with Crippen LogP contribution >= 0.6 is 0 Å². The Balaban J connectivity index is 1.33. The van der Waals surface area contributed by atoms with Crippen LogP contribution in [0.3, 0.4) is 0 Å². The van der Waals surface area contributed by atoms with Crippen LogP contribution in [-0.4, -0.2) is 51.9 Å². The zero-order chi connectivity index (χ0) is 27.9. The third kappa shape index (κ3) is 6.98. The summed E-state index contributed by atoms with van der Waals surface area (Å²) in [5.41, 5.74) is 4.43. The van der Waals surface area contributed by atoms with Gasteiger partial charge in [0.2, 0.25) is 5.91 Å². The molecule has 1 aliphatic heterocycles. The third-order valence-electron chi connectivity index (χ3n) is 8.17. The highest BCUT2D eigenvalue weighted by atomic mass is 16.3. The number of hydrogen-bond donors (Lipinski definition) is 3. The molecule has 0 unspecified atom stereocenters. The maximum absolute atomic E-state index is 13.7. The number of hydrogen-bond acceptors (Lipinski definition) is 5. The molecule has 1 saturated carbocycles. The zero-order valence-corrected chi connectivity index (χ0v) is 23.4. The molecular formula is C32H41N5O3. The summed E-state index contributed by atoms with van der Waals surface area (Å²) in [4.78, 5) is 28.1. The summed E-state index contributed by atoms with van der Waals surface area (Å²) >= 11 is 0. The number of nitrogens with zero attached hydrogens (tertiary/aromatic N) is 3. The minimum atomic E-state index is -0.810. The molecule has 8 nitrogen and oxygen atoms in total. The van der Waals surface area contributed by atoms with E-state index in [0.717, 1.165) is 48.3 Å². The Hall–Kier alpha value is -3.49. The van der Waals surface area contributed by atoms with E-state index in [1.165, 1.54) is 12.8 Å². The zero-order valence-electron chi connectivity index (χ0n) is 23.4. The number of aliphatic hydroxyl groups excluding tert-OH is 1. The Morgan fingerprint density at radius 3 is 2.60 bits per heavy atom. The SMILES string of the molecule is CCn1ccc(CNC[C@@H](O)[C@H](Cc2ccccc2)NC(=O)c2cc(C3CCCC3)cc(N3CCCC3=O)c2)n1. The number of carbonyl (C=O) groups is 2. The summed E-state index contributed by atoms with van der Waals surface area (Å²) in [5.74, 6) is 0.298. The van der Waals surface area contributed by atoms with Crippen molar-refractivity contribution in [2.45, 2.75) is 83.0 Å². The van der Waals surface area contributed by atoms with Gasteiger partial charge in [0.1, 0.15) is 0 Å². The van der Waals surface area contributed by atoms with Crippen molar-refractivity contribution in [1.82, 2.24) is 20.4 Å². The van der Waals surface area contributed by atoms with Gasteiger partial charge in [-0.15, -0.1) is 0 Å². The number of nitrogens with one attached hydrogen (secondary N) is 2. The largest absolute Gasteiger partial charge is 0.390 e. The van der Waals surface area contributed by atoms with E-state index in [9.17, 15) is 14.7 Å². The van der Waals surface area contributed by atoms with E-state index in [-0.39, 0.29) is 11.8 Å². The first kappa shape index (κ1) is 28.1. The lowest BCUT2D eigenvalue weighted by Crippen LogP contribution is -2.48. The van der Waals surface area contributed by atoms with E-state index < -0.39 is 12.1 Å². The molecule has 2 amide bonds. The van der Waals surface area contributed by atoms with Crippen LogP contribution in [-0.2, 0) is 24.3 Å². The maximum atomic E-state index is 13.7. The fraction of sp³-hybridized carbons (Fsp3) is 0.469. The molecule has 212 valence electrons. The lowest BCUT2D eigenvalue weighted by Gasteiger charge is -2.26. The van der Waals surface area contributed by atoms with Crippen LogP contribution in [0.25, 0.3) is 0 Å². The Labute approximate surface area is 236 Å². The summed E-state index contributed by atoms with van der Waals surface area (Å²) in [5, 5.41) is 22.1. The first-order valence-electron chi connectivity index (χ1n) is 14.7. The Kier molecular flexibility index (Phi) is 9.29. The van der Waals surface area contributed by atoms with Gasteiger partial charge >= 0.3 is 0 Å². The maximum Gasteiger partial charge on any atom is 0.251 e. The lowest BCUT2D eigenvalue weighted by atomic mass is 9.94. The van der Waals surface area contributed by atoms with Crippen molar-refractivity contribution in [3.05, 3.63) is 83.2 Å². The molecule has 2 aliphatic rings. The number of amides is 2. The number of anilines is 1. The Bertz CT molecular complexity index is 1280. The minimum Gasteiger partial charge on any atom is -0.390 e. The Morgan fingerprint density at radius 2 is 1.90 bits per heavy atom. The fourth-order valence-electron chi connectivity index (χ4n) is 5.91. The molecule has 2 heterocycles. The van der Waals surface area contributed by atoms with Gasteiger partial charge in [-0.1, -0.05) is 43.2 Å². The van der Waals surface area contributed by atoms with Crippen molar-refractivity contribution in [2.75, 3.05) is 18.0 Å². The van der Waals surface area contributed by atoms with Gasteiger partial charge in [0, 0.05) is 50.0 Å². The molecule has 40 heavy (non-hydrogen) atoms. The number of aliphatic hydroxyl groups is 1. The summed E-state index contributed by atoms with van der Waals surface area (Å²) in [6.07, 6.45) is 7.61. The van der Waals surface area contributed by atoms with E-state index in [4.69, 9.17) is 0 Å². The highest BCUT2D eigenvalue weighted by molar-refractivity contribution is 5.99. The van der Waals surface area contributed by atoms with Gasteiger partial charge in [-0.05, 0) is 73.9 Å². The van der Waals surface area contributed by atoms with Crippen LogP contribution in [0.4, 0.5) is 5.69 Å². The monoisotopic (exact) mass is 543 g/mol. The molecule has 1 aliphatic carbocycles. The highest BCUT2D eigenvalue weighted by Gasteiger charge is 2.27. The number of aromatic nitrogens is 2. The van der Waals surface area contributed by atoms with Crippen molar-refractivity contribution in [2.24, 2.45) is 0 Å². The molecule has 2 fully saturated rings. The van der Waals surface area contributed by atoms with E-state index in [1.54, 1.807) is 0 Å². The van der Waals surface area contributed by atoms with Gasteiger partial charge in [-0.2, -0.15) is 5.10 Å². The quantitative estimate of drug-likeness (QED) is 0.318. The second-order valence-electron chi connectivity index (χ2n) is 11.1. The van der Waals surface area contributed by atoms with Crippen molar-refractivity contribution in [3.63, 3.8) is 0 Å². The second kappa shape index (κ2) is 13.2. The molecule has 8 heteroatoms. The predicted octanol–water partition coefficient (Wildman–Crippen LogP) is 4.18. The van der Waals surface area contributed by atoms with Crippen LogP contribution < -0.4 is 15.5 Å². The van der Waals surface area contributed by atoms with Crippen LogP contribution in [0.2, 0.25) is 0 Å². The summed E-state index contributed by atoms with van der Waals surface area (Å²) in [6.45, 7) is 4.38. The van der Waals surface area contributed by atoms with Crippen LogP contribution in [0, 0.1) is 0 Å². The average Bonchev–Trinajstić information content (AvgIpc) is 3.75. The fourth-order valence-corrected chi connectivity index (χ4v) is 5.91. The van der Waals surface area contributed by atoms with Gasteiger partial charge < -0.3 is 20.6 Å². The second-order valence-corrected chi connectivity index (χ2v) is 11.1. The molecule has 0 radical (unpaired) electrons. The van der Waals surface area contributed by atoms with Crippen LogP contribution in [0.1, 0.15) is 78.5 Å². The molecule has 2 aromatic carbocycles. The van der Waals surface area contributed by atoms with E-state index in [0.29, 0.717) is 44.0 Å². The number of aryl methyl sites for hydroxylation is 1. The molecule has 3 N–H and O–H groups in total. The van der Waals surface area contributed by atoms with Gasteiger partial charge in [-0.3, -0.25) is 14.3 Å². The first-order valence-corrected chi connectivity index (χ1v) is 14.7. The predicted molar refractivity (Wildman–Crippen MR) is 156 cm³/mol. The van der Waals surface area contributed by atoms with Crippen molar-refractivity contribution < 1.29 is 14.7 Å². The van der Waals surface area contributed by atoms with Gasteiger partial charge in [0.25, 0.3) is 5.91 Å². The minimum absolute atomic E-state index is 0.113. The molecule has 1 saturated heterocycles. The van der Waals surface area contributed by atoms with Gasteiger partial charge in [-0.25, -0.2) is 0 Å². The molecule has 2 atom stereocenters. The van der Waals surface area contributed by atoms with Gasteiger partial charge in [0.15, 0.2) is 0 Å². The van der Waals surface area contributed by atoms with E-state index in [2.05, 4.69) is 21.8 Å². The third-order valence-corrected chi connectivity index (χ3v) is 8.17. The summed E-state index contributed by atoms with van der Waals surface area (Å²) in [7, 11) is 0. The lowest BCUT2D eigenvalue weighted by molar-refractivity contribution is -0.117. The topological polar surface area (TPSA) is 99.5 Å². The van der Waals surface area contributed by atoms with Crippen LogP contribution in [0.5, 0.6) is 0 Å². The van der Waals surface area contributed by atoms with E-state index >= 15 is 0 Å². The smallest absolute Gasteiger partial charge is 0.251 e. The van der Waals surface area contributed by atoms with Crippen LogP contribution in [0.15, 0.2) is 60.8 Å². The number of benzene rings is 2. The molecule has 0 spiro atoms. The standard InChI is InChI=1S/C32H41N5O3/c1-2-36-16-14-27(35-36)21-33-22-30(38)29(17-23-9-4-3-5-10-23)34-32(40)26-18-25(24-11-6-7-12-24)19-28(20-26)37-15-8-13-31(37)39/h3-5,9-10,14,16,18-20,24,29-30,33,38H,2,6-8,11-13,15,17,21-22H2,1H3,(H,34,40)/t29-,30+/m0/s1. The normalized spacial score (nSPS) is 17.4. The summed E-state index contributed by atoms with van der Waals surface area (Å²) in [6, 6.07) is 17.3. The van der Waals surface area contributed by atoms with E-state index in [1.807, 2.05) is 71.2 Å². The van der Waals surface area contributed by atoms with Gasteiger partial charge in [0.05, 0.1) is 17.8 Å².